The van der Waals surface area contributed by atoms with E-state index < -0.39 is 0 Å². The van der Waals surface area contributed by atoms with Gasteiger partial charge in [0.2, 0.25) is 0 Å². The molecule has 86 valence electrons. The topological polar surface area (TPSA) is 17.1 Å². The molecule has 0 aliphatic heterocycles. The summed E-state index contributed by atoms with van der Waals surface area (Å²) in [6.07, 6.45) is 5.06. The van der Waals surface area contributed by atoms with Crippen LogP contribution in [-0.4, -0.2) is 5.78 Å². The fraction of sp³-hybridized carbons (Fsp3) is 0.0588. The van der Waals surface area contributed by atoms with Gasteiger partial charge in [-0.15, -0.1) is 0 Å². The Balaban J connectivity index is 1.96. The Labute approximate surface area is 107 Å². The molecule has 0 spiro atoms. The molecule has 2 aromatic rings. The summed E-state index contributed by atoms with van der Waals surface area (Å²) in [6, 6.07) is 19.0. The first-order valence-electron chi connectivity index (χ1n) is 5.83. The third-order valence-corrected chi connectivity index (χ3v) is 2.48. The van der Waals surface area contributed by atoms with Gasteiger partial charge in [0.1, 0.15) is 0 Å². The zero-order valence-electron chi connectivity index (χ0n) is 9.97. The van der Waals surface area contributed by atoms with E-state index in [0.717, 1.165) is 11.1 Å². The smallest absolute Gasteiger partial charge is 0.176 e. The van der Waals surface area contributed by atoms with Crippen molar-refractivity contribution < 1.29 is 4.79 Å². The van der Waals surface area contributed by atoms with Gasteiger partial charge in [0.05, 0.1) is 12.5 Å². The van der Waals surface area contributed by atoms with Gasteiger partial charge in [-0.25, -0.2) is 0 Å². The highest BCUT2D eigenvalue weighted by Crippen LogP contribution is 2.03. The minimum Gasteiger partial charge on any atom is -0.293 e. The van der Waals surface area contributed by atoms with Crippen LogP contribution in [0, 0.1) is 6.08 Å². The minimum absolute atomic E-state index is 0.0953. The molecule has 0 fully saturated rings. The Morgan fingerprint density at radius 3 is 2.28 bits per heavy atom. The molecule has 0 radical (unpaired) electrons. The van der Waals surface area contributed by atoms with Crippen molar-refractivity contribution >= 4 is 5.78 Å². The number of Topliss-reactive ketones (excluding diaryl/α,β-unsaturated/α-hetero) is 1. The molecule has 2 rings (SSSR count). The van der Waals surface area contributed by atoms with E-state index >= 15 is 0 Å². The lowest BCUT2D eigenvalue weighted by Gasteiger charge is -1.93. The van der Waals surface area contributed by atoms with Gasteiger partial charge < -0.3 is 0 Å². The van der Waals surface area contributed by atoms with E-state index in [1.54, 1.807) is 6.08 Å². The van der Waals surface area contributed by atoms with Crippen LogP contribution in [0.3, 0.4) is 0 Å². The zero-order chi connectivity index (χ0) is 12.6. The Morgan fingerprint density at radius 1 is 1.00 bits per heavy atom. The van der Waals surface area contributed by atoms with E-state index in [9.17, 15) is 4.79 Å². The zero-order valence-corrected chi connectivity index (χ0v) is 9.97. The third-order valence-electron chi connectivity index (χ3n) is 2.48. The first kappa shape index (κ1) is 12.0. The summed E-state index contributed by atoms with van der Waals surface area (Å²) in [4.78, 5) is 11.8. The van der Waals surface area contributed by atoms with Crippen LogP contribution >= 0.6 is 0 Å². The molecule has 1 nitrogen and oxygen atoms in total. The van der Waals surface area contributed by atoms with E-state index in [1.165, 1.54) is 0 Å². The molecule has 0 bridgehead atoms. The minimum atomic E-state index is 0.0953. The maximum absolute atomic E-state index is 11.8. The van der Waals surface area contributed by atoms with E-state index in [2.05, 4.69) is 11.8 Å². The number of rotatable bonds is 4. The highest BCUT2D eigenvalue weighted by Gasteiger charge is 2.02. The monoisotopic (exact) mass is 233 g/mol. The highest BCUT2D eigenvalue weighted by atomic mass is 16.1. The molecule has 0 aliphatic rings. The summed E-state index contributed by atoms with van der Waals surface area (Å²) < 4.78 is 0. The van der Waals surface area contributed by atoms with E-state index in [-0.39, 0.29) is 5.78 Å². The lowest BCUT2D eigenvalue weighted by atomic mass is 10.1. The van der Waals surface area contributed by atoms with Gasteiger partial charge >= 0.3 is 0 Å². The van der Waals surface area contributed by atoms with Crippen LogP contribution in [0.25, 0.3) is 0 Å². The molecule has 18 heavy (non-hydrogen) atoms. The number of carbonyl (C=O) groups excluding carboxylic acids is 1. The molecular weight excluding hydrogens is 220 g/mol. The Hall–Kier alpha value is -2.46. The first-order chi connectivity index (χ1) is 8.86. The number of ketones is 1. The van der Waals surface area contributed by atoms with Crippen molar-refractivity contribution in [3.63, 3.8) is 0 Å². The van der Waals surface area contributed by atoms with Gasteiger partial charge in [0.25, 0.3) is 0 Å². The summed E-state index contributed by atoms with van der Waals surface area (Å²) in [7, 11) is 0. The molecular formula is C17H13O+. The van der Waals surface area contributed by atoms with Crippen LogP contribution in [0.2, 0.25) is 0 Å². The second kappa shape index (κ2) is 6.32. The predicted molar refractivity (Wildman–Crippen MR) is 72.3 cm³/mol. The van der Waals surface area contributed by atoms with Crippen molar-refractivity contribution in [2.45, 2.75) is 6.42 Å². The number of hydrogen-bond donors (Lipinski definition) is 0. The second-order valence-electron chi connectivity index (χ2n) is 3.83. The average molecular weight is 233 g/mol. The molecule has 0 heterocycles. The Morgan fingerprint density at radius 2 is 1.61 bits per heavy atom. The molecule has 0 unspecified atom stereocenters. The molecule has 0 saturated heterocycles. The van der Waals surface area contributed by atoms with Gasteiger partial charge in [-0.1, -0.05) is 30.3 Å². The molecule has 0 N–H and O–H groups in total. The van der Waals surface area contributed by atoms with Crippen LogP contribution in [-0.2, 0) is 0 Å². The van der Waals surface area contributed by atoms with Gasteiger partial charge in [0.15, 0.2) is 11.3 Å². The van der Waals surface area contributed by atoms with Crippen LogP contribution < -0.4 is 0 Å². The molecule has 0 aromatic heterocycles. The normalized spacial score (nSPS) is 9.11. The number of hydrogen-bond acceptors (Lipinski definition) is 1. The van der Waals surface area contributed by atoms with Crippen LogP contribution in [0.5, 0.6) is 0 Å². The molecule has 1 heteroatoms. The molecule has 2 aromatic carbocycles. The van der Waals surface area contributed by atoms with Crippen molar-refractivity contribution in [2.75, 3.05) is 0 Å². The van der Waals surface area contributed by atoms with E-state index in [1.807, 2.05) is 60.7 Å². The van der Waals surface area contributed by atoms with Crippen LogP contribution in [0.15, 0.2) is 72.5 Å². The fourth-order valence-electron chi connectivity index (χ4n) is 1.54. The first-order valence-corrected chi connectivity index (χ1v) is 5.83. The highest BCUT2D eigenvalue weighted by molar-refractivity contribution is 5.96. The fourth-order valence-corrected chi connectivity index (χ4v) is 1.54. The van der Waals surface area contributed by atoms with E-state index in [4.69, 9.17) is 0 Å². The quantitative estimate of drug-likeness (QED) is 0.445. The van der Waals surface area contributed by atoms with Crippen molar-refractivity contribution in [1.29, 1.82) is 0 Å². The van der Waals surface area contributed by atoms with Crippen LogP contribution in [0.1, 0.15) is 22.3 Å². The number of benzene rings is 2. The lowest BCUT2D eigenvalue weighted by molar-refractivity contribution is 0.0996. The van der Waals surface area contributed by atoms with Crippen LogP contribution in [0.4, 0.5) is 0 Å². The third kappa shape index (κ3) is 3.54. The van der Waals surface area contributed by atoms with Crippen molar-refractivity contribution in [2.24, 2.45) is 0 Å². The number of allylic oxidation sites excluding steroid dienone is 1. The maximum atomic E-state index is 11.8. The standard InChI is InChI=1S/C17H13O/c18-17(16-12-5-2-6-13-16)14-8-7-11-15-9-3-1-4-10-15/h1-6,8-10,12-13H,14H2/q+1. The summed E-state index contributed by atoms with van der Waals surface area (Å²) in [6.45, 7) is 0. The Kier molecular flexibility index (Phi) is 4.22. The summed E-state index contributed by atoms with van der Waals surface area (Å²) in [5, 5.41) is 0. The Bertz CT molecular complexity index is 561. The summed E-state index contributed by atoms with van der Waals surface area (Å²) in [5.74, 6) is 0.0953. The van der Waals surface area contributed by atoms with Gasteiger partial charge in [-0.05, 0) is 18.2 Å². The second-order valence-corrected chi connectivity index (χ2v) is 3.83. The predicted octanol–water partition coefficient (Wildman–Crippen LogP) is 3.82. The van der Waals surface area contributed by atoms with E-state index in [0.29, 0.717) is 6.42 Å². The van der Waals surface area contributed by atoms with Gasteiger partial charge in [-0.3, -0.25) is 4.79 Å². The molecule has 0 aliphatic carbocycles. The SMILES string of the molecule is O=C(CC=C=[C+]c1ccccc1)c1ccccc1. The molecule has 0 saturated carbocycles. The summed E-state index contributed by atoms with van der Waals surface area (Å²) >= 11 is 0. The lowest BCUT2D eigenvalue weighted by Crippen LogP contribution is -1.95. The van der Waals surface area contributed by atoms with Crippen molar-refractivity contribution in [3.8, 4) is 0 Å². The van der Waals surface area contributed by atoms with Gasteiger partial charge in [0, 0.05) is 29.5 Å². The van der Waals surface area contributed by atoms with Crippen molar-refractivity contribution in [3.05, 3.63) is 89.7 Å². The average Bonchev–Trinajstić information content (AvgIpc) is 2.45. The van der Waals surface area contributed by atoms with Gasteiger partial charge in [-0.2, -0.15) is 0 Å². The van der Waals surface area contributed by atoms with Crippen molar-refractivity contribution in [1.82, 2.24) is 0 Å². The maximum Gasteiger partial charge on any atom is 0.176 e. The summed E-state index contributed by atoms with van der Waals surface area (Å²) in [5.41, 5.74) is 4.60. The molecule has 0 amide bonds. The largest absolute Gasteiger partial charge is 0.293 e. The molecule has 0 atom stereocenters. The number of carbonyl (C=O) groups is 1.